The molecule has 0 radical (unpaired) electrons. The monoisotopic (exact) mass is 364 g/mol. The van der Waals surface area contributed by atoms with E-state index < -0.39 is 0 Å². The molecule has 3 aromatic carbocycles. The largest absolute Gasteiger partial charge is 0.489 e. The van der Waals surface area contributed by atoms with E-state index in [-0.39, 0.29) is 0 Å². The zero-order chi connectivity index (χ0) is 18.2. The first-order chi connectivity index (χ1) is 12.7. The van der Waals surface area contributed by atoms with Crippen molar-refractivity contribution in [1.29, 1.82) is 0 Å². The fraction of sp³-hybridized carbons (Fsp3) is 0.217. The molecule has 26 heavy (non-hydrogen) atoms. The van der Waals surface area contributed by atoms with Crippen LogP contribution < -0.4 is 9.47 Å². The fourth-order valence-corrected chi connectivity index (χ4v) is 3.45. The van der Waals surface area contributed by atoms with Gasteiger partial charge in [-0.05, 0) is 66.6 Å². The summed E-state index contributed by atoms with van der Waals surface area (Å²) in [7, 11) is 0. The summed E-state index contributed by atoms with van der Waals surface area (Å²) in [5.74, 6) is 3.69. The third kappa shape index (κ3) is 5.30. The summed E-state index contributed by atoms with van der Waals surface area (Å²) in [5, 5.41) is 0. The van der Waals surface area contributed by atoms with Gasteiger partial charge in [-0.15, -0.1) is 11.8 Å². The first kappa shape index (κ1) is 18.4. The first-order valence-corrected chi connectivity index (χ1v) is 9.91. The number of benzene rings is 3. The second kappa shape index (κ2) is 9.35. The minimum atomic E-state index is 0.521. The first-order valence-electron chi connectivity index (χ1n) is 8.92. The van der Waals surface area contributed by atoms with E-state index in [1.54, 1.807) is 0 Å². The zero-order valence-electron chi connectivity index (χ0n) is 15.3. The molecule has 0 bridgehead atoms. The molecular weight excluding hydrogens is 340 g/mol. The van der Waals surface area contributed by atoms with Crippen molar-refractivity contribution in [3.8, 4) is 17.2 Å². The van der Waals surface area contributed by atoms with Gasteiger partial charge in [0.2, 0.25) is 0 Å². The molecule has 0 aliphatic heterocycles. The minimum absolute atomic E-state index is 0.521. The van der Waals surface area contributed by atoms with Gasteiger partial charge in [0, 0.05) is 4.90 Å². The molecule has 0 unspecified atom stereocenters. The molecule has 0 aliphatic rings. The summed E-state index contributed by atoms with van der Waals surface area (Å²) in [6.07, 6.45) is 1.17. The SMILES string of the molecule is CCCSc1cc(OCc2cccc(Oc3ccccc3)c2)ccc1C. The van der Waals surface area contributed by atoms with E-state index in [0.29, 0.717) is 6.61 Å². The maximum Gasteiger partial charge on any atom is 0.127 e. The quantitative estimate of drug-likeness (QED) is 0.406. The van der Waals surface area contributed by atoms with Gasteiger partial charge in [-0.1, -0.05) is 43.3 Å². The molecule has 0 aliphatic carbocycles. The number of aryl methyl sites for hydroxylation is 1. The molecular formula is C23H24O2S. The topological polar surface area (TPSA) is 18.5 Å². The lowest BCUT2D eigenvalue weighted by Gasteiger charge is -2.11. The van der Waals surface area contributed by atoms with Crippen LogP contribution in [0.15, 0.2) is 77.7 Å². The highest BCUT2D eigenvalue weighted by Gasteiger charge is 2.04. The van der Waals surface area contributed by atoms with Crippen molar-refractivity contribution in [1.82, 2.24) is 0 Å². The van der Waals surface area contributed by atoms with E-state index in [0.717, 1.165) is 28.6 Å². The van der Waals surface area contributed by atoms with Gasteiger partial charge in [0.05, 0.1) is 0 Å². The summed E-state index contributed by atoms with van der Waals surface area (Å²) in [4.78, 5) is 1.30. The van der Waals surface area contributed by atoms with Crippen LogP contribution in [0.5, 0.6) is 17.2 Å². The molecule has 2 nitrogen and oxygen atoms in total. The molecule has 0 fully saturated rings. The van der Waals surface area contributed by atoms with E-state index in [1.165, 1.54) is 16.9 Å². The number of ether oxygens (including phenoxy) is 2. The Labute approximate surface area is 160 Å². The summed E-state index contributed by atoms with van der Waals surface area (Å²) >= 11 is 1.89. The number of thioether (sulfide) groups is 1. The van der Waals surface area contributed by atoms with Crippen LogP contribution in [0.1, 0.15) is 24.5 Å². The van der Waals surface area contributed by atoms with Crippen molar-refractivity contribution >= 4 is 11.8 Å². The van der Waals surface area contributed by atoms with Gasteiger partial charge in [0.1, 0.15) is 23.9 Å². The van der Waals surface area contributed by atoms with E-state index in [4.69, 9.17) is 9.47 Å². The zero-order valence-corrected chi connectivity index (χ0v) is 16.1. The van der Waals surface area contributed by atoms with Crippen LogP contribution in [0.4, 0.5) is 0 Å². The maximum absolute atomic E-state index is 6.00. The second-order valence-electron chi connectivity index (χ2n) is 6.13. The van der Waals surface area contributed by atoms with Crippen molar-refractivity contribution in [2.45, 2.75) is 31.8 Å². The summed E-state index contributed by atoms with van der Waals surface area (Å²) in [5.41, 5.74) is 2.39. The van der Waals surface area contributed by atoms with Crippen LogP contribution >= 0.6 is 11.8 Å². The van der Waals surface area contributed by atoms with Gasteiger partial charge in [-0.2, -0.15) is 0 Å². The lowest BCUT2D eigenvalue weighted by atomic mass is 10.2. The number of rotatable bonds is 8. The molecule has 0 amide bonds. The van der Waals surface area contributed by atoms with Gasteiger partial charge in [0.25, 0.3) is 0 Å². The highest BCUT2D eigenvalue weighted by molar-refractivity contribution is 7.99. The Hall–Kier alpha value is -2.39. The van der Waals surface area contributed by atoms with Crippen molar-refractivity contribution in [3.63, 3.8) is 0 Å². The number of hydrogen-bond donors (Lipinski definition) is 0. The molecule has 134 valence electrons. The molecule has 0 atom stereocenters. The van der Waals surface area contributed by atoms with Crippen molar-refractivity contribution in [3.05, 3.63) is 83.9 Å². The Bertz CT molecular complexity index is 831. The van der Waals surface area contributed by atoms with Gasteiger partial charge >= 0.3 is 0 Å². The highest BCUT2D eigenvalue weighted by Crippen LogP contribution is 2.28. The number of para-hydroxylation sites is 1. The third-order valence-corrected chi connectivity index (χ3v) is 5.27. The van der Waals surface area contributed by atoms with Crippen LogP contribution in [0.3, 0.4) is 0 Å². The summed E-state index contributed by atoms with van der Waals surface area (Å²) in [6, 6.07) is 24.1. The van der Waals surface area contributed by atoms with Gasteiger partial charge in [-0.3, -0.25) is 0 Å². The third-order valence-electron chi connectivity index (χ3n) is 3.90. The molecule has 0 saturated heterocycles. The van der Waals surface area contributed by atoms with Crippen LogP contribution in [-0.2, 0) is 6.61 Å². The summed E-state index contributed by atoms with van der Waals surface area (Å²) < 4.78 is 11.9. The van der Waals surface area contributed by atoms with Crippen molar-refractivity contribution in [2.75, 3.05) is 5.75 Å². The molecule has 0 saturated carbocycles. The van der Waals surface area contributed by atoms with Gasteiger partial charge in [0.15, 0.2) is 0 Å². The molecule has 3 rings (SSSR count). The van der Waals surface area contributed by atoms with E-state index in [2.05, 4.69) is 32.0 Å². The van der Waals surface area contributed by atoms with Gasteiger partial charge < -0.3 is 9.47 Å². The Morgan fingerprint density at radius 1 is 0.808 bits per heavy atom. The minimum Gasteiger partial charge on any atom is -0.489 e. The molecule has 3 aromatic rings. The predicted octanol–water partition coefficient (Wildman–Crippen LogP) is 6.87. The Morgan fingerprint density at radius 3 is 2.42 bits per heavy atom. The van der Waals surface area contributed by atoms with Crippen LogP contribution in [0.25, 0.3) is 0 Å². The van der Waals surface area contributed by atoms with E-state index >= 15 is 0 Å². The second-order valence-corrected chi connectivity index (χ2v) is 7.26. The lowest BCUT2D eigenvalue weighted by molar-refractivity contribution is 0.305. The van der Waals surface area contributed by atoms with E-state index in [9.17, 15) is 0 Å². The molecule has 3 heteroatoms. The van der Waals surface area contributed by atoms with Crippen molar-refractivity contribution < 1.29 is 9.47 Å². The smallest absolute Gasteiger partial charge is 0.127 e. The highest BCUT2D eigenvalue weighted by atomic mass is 32.2. The standard InChI is InChI=1S/C23H24O2S/c1-3-14-26-23-16-21(13-12-18(23)2)24-17-19-8-7-11-22(15-19)25-20-9-5-4-6-10-20/h4-13,15-16H,3,14,17H2,1-2H3. The fourth-order valence-electron chi connectivity index (χ4n) is 2.53. The van der Waals surface area contributed by atoms with Crippen LogP contribution in [0.2, 0.25) is 0 Å². The number of hydrogen-bond acceptors (Lipinski definition) is 3. The van der Waals surface area contributed by atoms with Crippen molar-refractivity contribution in [2.24, 2.45) is 0 Å². The Balaban J connectivity index is 1.64. The lowest BCUT2D eigenvalue weighted by Crippen LogP contribution is -1.96. The Kier molecular flexibility index (Phi) is 6.62. The van der Waals surface area contributed by atoms with Crippen LogP contribution in [-0.4, -0.2) is 5.75 Å². The summed E-state index contributed by atoms with van der Waals surface area (Å²) in [6.45, 7) is 4.87. The van der Waals surface area contributed by atoms with E-state index in [1.807, 2.05) is 66.4 Å². The average molecular weight is 365 g/mol. The molecule has 0 spiro atoms. The molecule has 0 heterocycles. The van der Waals surface area contributed by atoms with Gasteiger partial charge in [-0.25, -0.2) is 0 Å². The van der Waals surface area contributed by atoms with Crippen LogP contribution in [0, 0.1) is 6.92 Å². The molecule has 0 N–H and O–H groups in total. The Morgan fingerprint density at radius 2 is 1.62 bits per heavy atom. The molecule has 0 aromatic heterocycles. The maximum atomic E-state index is 6.00. The average Bonchev–Trinajstić information content (AvgIpc) is 2.67. The predicted molar refractivity (Wildman–Crippen MR) is 109 cm³/mol. The normalized spacial score (nSPS) is 10.5.